The minimum Gasteiger partial charge on any atom is -0.493 e. The van der Waals surface area contributed by atoms with E-state index in [1.807, 2.05) is 58.3 Å². The van der Waals surface area contributed by atoms with Crippen molar-refractivity contribution in [3.05, 3.63) is 95.1 Å². The fourth-order valence-corrected chi connectivity index (χ4v) is 5.29. The minimum atomic E-state index is -0.408. The van der Waals surface area contributed by atoms with Crippen molar-refractivity contribution in [1.29, 1.82) is 0 Å². The van der Waals surface area contributed by atoms with Crippen molar-refractivity contribution in [3.8, 4) is 11.5 Å². The quantitative estimate of drug-likeness (QED) is 0.466. The molecule has 0 aromatic heterocycles. The van der Waals surface area contributed by atoms with Crippen LogP contribution in [0.15, 0.2) is 72.8 Å². The maximum atomic E-state index is 13.6. The molecule has 0 bridgehead atoms. The van der Waals surface area contributed by atoms with Crippen molar-refractivity contribution in [2.24, 2.45) is 0 Å². The molecule has 5 rings (SSSR count). The van der Waals surface area contributed by atoms with Crippen LogP contribution in [0.3, 0.4) is 0 Å². The standard InChI is InChI=1S/C30H33N3O4/c1-36-27-13-12-23(18-28(27)37-2)26(33-21-24-10-6-7-11-25(24)30(33)35)19-29(34)32-16-14-31(15-17-32)20-22-8-4-3-5-9-22/h3-13,18,26H,14-17,19-21H2,1-2H3. The Labute approximate surface area is 218 Å². The second-order valence-corrected chi connectivity index (χ2v) is 9.57. The fraction of sp³-hybridized carbons (Fsp3) is 0.333. The number of hydrogen-bond donors (Lipinski definition) is 0. The van der Waals surface area contributed by atoms with Gasteiger partial charge in [-0.25, -0.2) is 0 Å². The van der Waals surface area contributed by atoms with Crippen LogP contribution in [-0.4, -0.2) is 66.9 Å². The lowest BCUT2D eigenvalue weighted by molar-refractivity contribution is -0.134. The van der Waals surface area contributed by atoms with Crippen LogP contribution in [0.2, 0.25) is 0 Å². The Balaban J connectivity index is 1.33. The summed E-state index contributed by atoms with van der Waals surface area (Å²) >= 11 is 0. The summed E-state index contributed by atoms with van der Waals surface area (Å²) in [5.74, 6) is 1.21. The molecule has 0 N–H and O–H groups in total. The van der Waals surface area contributed by atoms with E-state index in [0.717, 1.165) is 30.8 Å². The molecule has 2 aliphatic rings. The molecule has 2 heterocycles. The van der Waals surface area contributed by atoms with E-state index in [0.29, 0.717) is 36.7 Å². The first-order chi connectivity index (χ1) is 18.1. The molecule has 1 saturated heterocycles. The zero-order valence-corrected chi connectivity index (χ0v) is 21.4. The van der Waals surface area contributed by atoms with Crippen LogP contribution in [0.4, 0.5) is 0 Å². The number of ether oxygens (including phenoxy) is 2. The molecule has 37 heavy (non-hydrogen) atoms. The van der Waals surface area contributed by atoms with Gasteiger partial charge in [0.05, 0.1) is 26.7 Å². The molecule has 1 unspecified atom stereocenters. The highest BCUT2D eigenvalue weighted by molar-refractivity contribution is 5.98. The number of carbonyl (C=O) groups excluding carboxylic acids is 2. The van der Waals surface area contributed by atoms with E-state index in [9.17, 15) is 9.59 Å². The summed E-state index contributed by atoms with van der Waals surface area (Å²) in [6.45, 7) is 4.38. The molecule has 2 aliphatic heterocycles. The van der Waals surface area contributed by atoms with Crippen LogP contribution in [-0.2, 0) is 17.9 Å². The molecule has 0 radical (unpaired) electrons. The van der Waals surface area contributed by atoms with E-state index in [2.05, 4.69) is 29.2 Å². The first kappa shape index (κ1) is 24.8. The lowest BCUT2D eigenvalue weighted by atomic mass is 10.00. The molecule has 2 amide bonds. The molecule has 0 spiro atoms. The molecule has 7 nitrogen and oxygen atoms in total. The summed E-state index contributed by atoms with van der Waals surface area (Å²) in [7, 11) is 3.18. The largest absolute Gasteiger partial charge is 0.493 e. The van der Waals surface area contributed by atoms with Crippen LogP contribution in [0, 0.1) is 0 Å². The molecule has 1 atom stereocenters. The number of carbonyl (C=O) groups is 2. The third-order valence-corrected chi connectivity index (χ3v) is 7.36. The predicted molar refractivity (Wildman–Crippen MR) is 142 cm³/mol. The Bertz CT molecular complexity index is 1250. The van der Waals surface area contributed by atoms with Gasteiger partial charge in [-0.3, -0.25) is 14.5 Å². The SMILES string of the molecule is COc1ccc(C(CC(=O)N2CCN(Cc3ccccc3)CC2)N2Cc3ccccc3C2=O)cc1OC. The smallest absolute Gasteiger partial charge is 0.255 e. The summed E-state index contributed by atoms with van der Waals surface area (Å²) in [4.78, 5) is 33.1. The van der Waals surface area contributed by atoms with Gasteiger partial charge in [-0.15, -0.1) is 0 Å². The lowest BCUT2D eigenvalue weighted by Gasteiger charge is -2.36. The Morgan fingerprint density at radius 2 is 1.57 bits per heavy atom. The number of piperazine rings is 1. The first-order valence-electron chi connectivity index (χ1n) is 12.7. The Morgan fingerprint density at radius 1 is 0.865 bits per heavy atom. The topological polar surface area (TPSA) is 62.3 Å². The van der Waals surface area contributed by atoms with Gasteiger partial charge in [0.2, 0.25) is 5.91 Å². The third-order valence-electron chi connectivity index (χ3n) is 7.36. The first-order valence-corrected chi connectivity index (χ1v) is 12.7. The van der Waals surface area contributed by atoms with E-state index in [1.54, 1.807) is 14.2 Å². The number of amides is 2. The number of rotatable bonds is 8. The Kier molecular flexibility index (Phi) is 7.42. The second-order valence-electron chi connectivity index (χ2n) is 9.57. The normalized spacial score (nSPS) is 16.4. The maximum absolute atomic E-state index is 13.6. The van der Waals surface area contributed by atoms with Gasteiger partial charge in [-0.2, -0.15) is 0 Å². The minimum absolute atomic E-state index is 0.0455. The summed E-state index contributed by atoms with van der Waals surface area (Å²) in [6.07, 6.45) is 0.216. The predicted octanol–water partition coefficient (Wildman–Crippen LogP) is 4.14. The fourth-order valence-electron chi connectivity index (χ4n) is 5.29. The Hall–Kier alpha value is -3.84. The monoisotopic (exact) mass is 499 g/mol. The molecule has 0 aliphatic carbocycles. The van der Waals surface area contributed by atoms with E-state index >= 15 is 0 Å². The summed E-state index contributed by atoms with van der Waals surface area (Å²) in [6, 6.07) is 23.3. The number of nitrogens with zero attached hydrogens (tertiary/aromatic N) is 3. The van der Waals surface area contributed by atoms with E-state index in [-0.39, 0.29) is 18.2 Å². The molecule has 0 saturated carbocycles. The Morgan fingerprint density at radius 3 is 2.27 bits per heavy atom. The van der Waals surface area contributed by atoms with Crippen LogP contribution >= 0.6 is 0 Å². The average Bonchev–Trinajstić information content (AvgIpc) is 3.28. The van der Waals surface area contributed by atoms with Gasteiger partial charge in [0.25, 0.3) is 5.91 Å². The second kappa shape index (κ2) is 11.0. The van der Waals surface area contributed by atoms with Crippen molar-refractivity contribution < 1.29 is 19.1 Å². The van der Waals surface area contributed by atoms with Crippen molar-refractivity contribution in [2.45, 2.75) is 25.6 Å². The van der Waals surface area contributed by atoms with Gasteiger partial charge >= 0.3 is 0 Å². The zero-order valence-electron chi connectivity index (χ0n) is 21.4. The van der Waals surface area contributed by atoms with Crippen molar-refractivity contribution in [3.63, 3.8) is 0 Å². The van der Waals surface area contributed by atoms with Gasteiger partial charge in [0, 0.05) is 44.8 Å². The number of fused-ring (bicyclic) bond motifs is 1. The van der Waals surface area contributed by atoms with Gasteiger partial charge < -0.3 is 19.3 Å². The molecule has 1 fully saturated rings. The van der Waals surface area contributed by atoms with Crippen molar-refractivity contribution in [1.82, 2.24) is 14.7 Å². The van der Waals surface area contributed by atoms with Gasteiger partial charge in [-0.05, 0) is 34.9 Å². The molecule has 7 heteroatoms. The highest BCUT2D eigenvalue weighted by Crippen LogP contribution is 2.37. The number of hydrogen-bond acceptors (Lipinski definition) is 5. The highest BCUT2D eigenvalue weighted by Gasteiger charge is 2.36. The molecule has 3 aromatic carbocycles. The van der Waals surface area contributed by atoms with Crippen molar-refractivity contribution >= 4 is 11.8 Å². The number of methoxy groups -OCH3 is 2. The summed E-state index contributed by atoms with van der Waals surface area (Å²) in [5.41, 5.74) is 3.83. The number of benzene rings is 3. The van der Waals surface area contributed by atoms with Crippen molar-refractivity contribution in [2.75, 3.05) is 40.4 Å². The molecule has 192 valence electrons. The van der Waals surface area contributed by atoms with Crippen LogP contribution in [0.25, 0.3) is 0 Å². The van der Waals surface area contributed by atoms with E-state index < -0.39 is 6.04 Å². The van der Waals surface area contributed by atoms with Gasteiger partial charge in [0.1, 0.15) is 0 Å². The summed E-state index contributed by atoms with van der Waals surface area (Å²) in [5, 5.41) is 0. The van der Waals surface area contributed by atoms with Gasteiger partial charge in [-0.1, -0.05) is 54.6 Å². The highest BCUT2D eigenvalue weighted by atomic mass is 16.5. The van der Waals surface area contributed by atoms with E-state index in [4.69, 9.17) is 9.47 Å². The lowest BCUT2D eigenvalue weighted by Crippen LogP contribution is -2.49. The van der Waals surface area contributed by atoms with Crippen LogP contribution < -0.4 is 9.47 Å². The molecular weight excluding hydrogens is 466 g/mol. The average molecular weight is 500 g/mol. The van der Waals surface area contributed by atoms with Gasteiger partial charge in [0.15, 0.2) is 11.5 Å². The zero-order chi connectivity index (χ0) is 25.8. The van der Waals surface area contributed by atoms with Crippen LogP contribution in [0.1, 0.15) is 39.5 Å². The van der Waals surface area contributed by atoms with Crippen LogP contribution in [0.5, 0.6) is 11.5 Å². The third kappa shape index (κ3) is 5.32. The summed E-state index contributed by atoms with van der Waals surface area (Å²) < 4.78 is 10.9. The maximum Gasteiger partial charge on any atom is 0.255 e. The molecule has 3 aromatic rings. The van der Waals surface area contributed by atoms with E-state index in [1.165, 1.54) is 5.56 Å². The molecular formula is C30H33N3O4.